The van der Waals surface area contributed by atoms with Crippen LogP contribution in [0.2, 0.25) is 0 Å². The van der Waals surface area contributed by atoms with Gasteiger partial charge in [-0.15, -0.1) is 0 Å². The summed E-state index contributed by atoms with van der Waals surface area (Å²) in [6.07, 6.45) is 4.75. The van der Waals surface area contributed by atoms with E-state index in [4.69, 9.17) is 5.11 Å². The molecule has 1 aromatic heterocycles. The van der Waals surface area contributed by atoms with Crippen molar-refractivity contribution in [2.24, 2.45) is 5.92 Å². The molecule has 0 saturated heterocycles. The van der Waals surface area contributed by atoms with Gasteiger partial charge in [-0.3, -0.25) is 9.89 Å². The van der Waals surface area contributed by atoms with Crippen LogP contribution in [0.1, 0.15) is 36.9 Å². The lowest BCUT2D eigenvalue weighted by molar-refractivity contribution is -0.141. The van der Waals surface area contributed by atoms with Crippen LogP contribution in [-0.4, -0.2) is 21.3 Å². The molecule has 0 amide bonds. The maximum Gasteiger partial charge on any atom is 0.306 e. The Bertz CT molecular complexity index is 342. The number of hydrogen-bond acceptors (Lipinski definition) is 2. The van der Waals surface area contributed by atoms with Gasteiger partial charge in [0.25, 0.3) is 0 Å². The summed E-state index contributed by atoms with van der Waals surface area (Å²) in [6, 6.07) is 0. The third-order valence-electron chi connectivity index (χ3n) is 2.68. The van der Waals surface area contributed by atoms with Crippen LogP contribution < -0.4 is 0 Å². The second-order valence-corrected chi connectivity index (χ2v) is 4.03. The maximum absolute atomic E-state index is 10.7. The summed E-state index contributed by atoms with van der Waals surface area (Å²) in [5.74, 6) is -0.466. The molecule has 0 aromatic carbocycles. The molecule has 2 N–H and O–H groups in total. The molecule has 4 nitrogen and oxygen atoms in total. The van der Waals surface area contributed by atoms with E-state index in [9.17, 15) is 4.79 Å². The fraction of sp³-hybridized carbons (Fsp3) is 0.600. The van der Waals surface area contributed by atoms with Crippen LogP contribution in [0.15, 0.2) is 6.20 Å². The van der Waals surface area contributed by atoms with Crippen LogP contribution in [0.5, 0.6) is 0 Å². The highest BCUT2D eigenvalue weighted by Crippen LogP contribution is 2.40. The zero-order valence-corrected chi connectivity index (χ0v) is 8.16. The zero-order valence-electron chi connectivity index (χ0n) is 8.16. The summed E-state index contributed by atoms with van der Waals surface area (Å²) >= 11 is 0. The summed E-state index contributed by atoms with van der Waals surface area (Å²) in [5, 5.41) is 15.7. The number of rotatable bonds is 4. The quantitative estimate of drug-likeness (QED) is 0.764. The van der Waals surface area contributed by atoms with Gasteiger partial charge >= 0.3 is 5.97 Å². The number of aromatic amines is 1. The van der Waals surface area contributed by atoms with Crippen molar-refractivity contribution in [2.45, 2.75) is 32.1 Å². The number of hydrogen-bond donors (Lipinski definition) is 2. The second-order valence-electron chi connectivity index (χ2n) is 4.03. The Morgan fingerprint density at radius 3 is 3.07 bits per heavy atom. The first-order chi connectivity index (χ1) is 6.68. The maximum atomic E-state index is 10.7. The fourth-order valence-corrected chi connectivity index (χ4v) is 1.63. The number of carboxylic acid groups (broad SMARTS) is 1. The number of aliphatic carboxylic acids is 1. The van der Waals surface area contributed by atoms with E-state index in [-0.39, 0.29) is 5.92 Å². The molecule has 4 heteroatoms. The Morgan fingerprint density at radius 1 is 1.79 bits per heavy atom. The third-order valence-corrected chi connectivity index (χ3v) is 2.68. The topological polar surface area (TPSA) is 66.0 Å². The van der Waals surface area contributed by atoms with Gasteiger partial charge in [-0.05, 0) is 24.8 Å². The lowest BCUT2D eigenvalue weighted by atomic mass is 10.0. The van der Waals surface area contributed by atoms with Crippen molar-refractivity contribution >= 4 is 5.97 Å². The smallest absolute Gasteiger partial charge is 0.306 e. The molecule has 1 aliphatic rings. The van der Waals surface area contributed by atoms with E-state index in [0.717, 1.165) is 11.3 Å². The van der Waals surface area contributed by atoms with Crippen LogP contribution in [0.4, 0.5) is 0 Å². The molecular weight excluding hydrogens is 180 g/mol. The van der Waals surface area contributed by atoms with Crippen molar-refractivity contribution < 1.29 is 9.90 Å². The molecule has 14 heavy (non-hydrogen) atoms. The van der Waals surface area contributed by atoms with Gasteiger partial charge in [0, 0.05) is 11.6 Å². The number of carbonyl (C=O) groups is 1. The Hall–Kier alpha value is -1.32. The van der Waals surface area contributed by atoms with Gasteiger partial charge < -0.3 is 5.11 Å². The van der Waals surface area contributed by atoms with Gasteiger partial charge in [0.05, 0.1) is 12.1 Å². The average molecular weight is 194 g/mol. The van der Waals surface area contributed by atoms with E-state index in [1.807, 2.05) is 0 Å². The summed E-state index contributed by atoms with van der Waals surface area (Å²) in [7, 11) is 0. The fourth-order valence-electron chi connectivity index (χ4n) is 1.63. The van der Waals surface area contributed by atoms with Crippen LogP contribution in [0, 0.1) is 5.92 Å². The van der Waals surface area contributed by atoms with Gasteiger partial charge in [0.1, 0.15) is 0 Å². The van der Waals surface area contributed by atoms with Gasteiger partial charge in [-0.1, -0.05) is 6.92 Å². The minimum atomic E-state index is -0.743. The van der Waals surface area contributed by atoms with Gasteiger partial charge in [-0.2, -0.15) is 5.10 Å². The zero-order chi connectivity index (χ0) is 10.1. The second kappa shape index (κ2) is 3.44. The Morgan fingerprint density at radius 2 is 2.50 bits per heavy atom. The molecule has 1 atom stereocenters. The first-order valence-corrected chi connectivity index (χ1v) is 4.93. The highest BCUT2D eigenvalue weighted by Gasteiger charge is 2.28. The van der Waals surface area contributed by atoms with Gasteiger partial charge in [0.2, 0.25) is 0 Å². The number of nitrogens with zero attached hydrogens (tertiary/aromatic N) is 1. The monoisotopic (exact) mass is 194 g/mol. The summed E-state index contributed by atoms with van der Waals surface area (Å²) in [4.78, 5) is 10.7. The summed E-state index contributed by atoms with van der Waals surface area (Å²) in [5.41, 5.74) is 2.22. The van der Waals surface area contributed by atoms with E-state index >= 15 is 0 Å². The number of H-pyrrole nitrogens is 1. The van der Waals surface area contributed by atoms with E-state index in [2.05, 4.69) is 10.2 Å². The standard InChI is InChI=1S/C10H14N2O2/c1-6(10(13)14)4-8-5-11-12-9(8)7-2-3-7/h5-7H,2-4H2,1H3,(H,11,12)(H,13,14). The van der Waals surface area contributed by atoms with E-state index < -0.39 is 5.97 Å². The predicted molar refractivity (Wildman–Crippen MR) is 51.1 cm³/mol. The third kappa shape index (κ3) is 1.78. The molecule has 1 unspecified atom stereocenters. The van der Waals surface area contributed by atoms with Gasteiger partial charge in [0.15, 0.2) is 0 Å². The van der Waals surface area contributed by atoms with Crippen LogP contribution in [0.3, 0.4) is 0 Å². The molecule has 1 heterocycles. The van der Waals surface area contributed by atoms with Crippen molar-refractivity contribution in [3.63, 3.8) is 0 Å². The average Bonchev–Trinajstić information content (AvgIpc) is 2.88. The molecule has 1 aliphatic carbocycles. The Kier molecular flexibility index (Phi) is 2.27. The molecule has 1 saturated carbocycles. The molecule has 1 fully saturated rings. The first kappa shape index (κ1) is 9.24. The normalized spacial score (nSPS) is 18.1. The molecule has 2 rings (SSSR count). The minimum absolute atomic E-state index is 0.329. The van der Waals surface area contributed by atoms with E-state index in [1.54, 1.807) is 13.1 Å². The molecular formula is C10H14N2O2. The van der Waals surface area contributed by atoms with Crippen molar-refractivity contribution in [1.29, 1.82) is 0 Å². The van der Waals surface area contributed by atoms with Crippen LogP contribution >= 0.6 is 0 Å². The SMILES string of the molecule is CC(Cc1cn[nH]c1C1CC1)C(=O)O. The highest BCUT2D eigenvalue weighted by molar-refractivity contribution is 5.69. The predicted octanol–water partition coefficient (Wildman–Crippen LogP) is 1.55. The Balaban J connectivity index is 2.08. The first-order valence-electron chi connectivity index (χ1n) is 4.93. The summed E-state index contributed by atoms with van der Waals surface area (Å²) < 4.78 is 0. The minimum Gasteiger partial charge on any atom is -0.481 e. The number of aromatic nitrogens is 2. The molecule has 0 aliphatic heterocycles. The summed E-state index contributed by atoms with van der Waals surface area (Å²) in [6.45, 7) is 1.73. The van der Waals surface area contributed by atoms with Crippen molar-refractivity contribution in [3.05, 3.63) is 17.5 Å². The number of nitrogens with one attached hydrogen (secondary N) is 1. The molecule has 76 valence electrons. The van der Waals surface area contributed by atoms with Crippen LogP contribution in [-0.2, 0) is 11.2 Å². The van der Waals surface area contributed by atoms with E-state index in [1.165, 1.54) is 12.8 Å². The largest absolute Gasteiger partial charge is 0.481 e. The highest BCUT2D eigenvalue weighted by atomic mass is 16.4. The lowest BCUT2D eigenvalue weighted by Crippen LogP contribution is -2.12. The Labute approximate surface area is 82.3 Å². The van der Waals surface area contributed by atoms with Crippen molar-refractivity contribution in [2.75, 3.05) is 0 Å². The molecule has 0 radical (unpaired) electrons. The van der Waals surface area contributed by atoms with Crippen molar-refractivity contribution in [1.82, 2.24) is 10.2 Å². The van der Waals surface area contributed by atoms with Crippen molar-refractivity contribution in [3.8, 4) is 0 Å². The molecule has 1 aromatic rings. The molecule has 0 bridgehead atoms. The lowest BCUT2D eigenvalue weighted by Gasteiger charge is -2.05. The number of carboxylic acids is 1. The van der Waals surface area contributed by atoms with E-state index in [0.29, 0.717) is 12.3 Å². The van der Waals surface area contributed by atoms with Crippen LogP contribution in [0.25, 0.3) is 0 Å². The van der Waals surface area contributed by atoms with Gasteiger partial charge in [-0.25, -0.2) is 0 Å². The molecule has 0 spiro atoms.